The van der Waals surface area contributed by atoms with Gasteiger partial charge in [-0.15, -0.1) is 25.3 Å². The fourth-order valence-corrected chi connectivity index (χ4v) is 6.81. The van der Waals surface area contributed by atoms with Gasteiger partial charge in [-0.25, -0.2) is 9.97 Å². The molecule has 7 aromatic rings. The number of nitrogens with one attached hydrogen (secondary N) is 2. The van der Waals surface area contributed by atoms with Crippen LogP contribution in [0.2, 0.25) is 0 Å². The lowest BCUT2D eigenvalue weighted by Crippen LogP contribution is -1.89. The van der Waals surface area contributed by atoms with Gasteiger partial charge in [0.1, 0.15) is 11.5 Å². The van der Waals surface area contributed by atoms with Crippen LogP contribution in [-0.2, 0) is 0 Å². The predicted molar refractivity (Wildman–Crippen MR) is 200 cm³/mol. The van der Waals surface area contributed by atoms with Crippen LogP contribution in [0.3, 0.4) is 0 Å². The van der Waals surface area contributed by atoms with Gasteiger partial charge in [0.25, 0.3) is 0 Å². The highest BCUT2D eigenvalue weighted by Crippen LogP contribution is 2.37. The first-order chi connectivity index (χ1) is 23.6. The van der Waals surface area contributed by atoms with E-state index >= 15 is 0 Å². The lowest BCUT2D eigenvalue weighted by molar-refractivity contribution is 0.578. The molecule has 0 saturated heterocycles. The number of aromatic nitrogens is 4. The van der Waals surface area contributed by atoms with Gasteiger partial charge in [0, 0.05) is 44.3 Å². The second-order valence-electron chi connectivity index (χ2n) is 11.6. The monoisotopic (exact) mass is 658 g/mol. The summed E-state index contributed by atoms with van der Waals surface area (Å²) < 4.78 is 11.5. The zero-order valence-electron chi connectivity index (χ0n) is 25.3. The Morgan fingerprint density at radius 1 is 0.479 bits per heavy atom. The van der Waals surface area contributed by atoms with Crippen LogP contribution in [0.4, 0.5) is 0 Å². The van der Waals surface area contributed by atoms with Gasteiger partial charge >= 0.3 is 0 Å². The van der Waals surface area contributed by atoms with Gasteiger partial charge in [-0.1, -0.05) is 42.5 Å². The number of furan rings is 2. The number of benzene rings is 2. The SMILES string of the molecule is Sc1ccoc1-c1ccc(-c2c3nc(c(-c4cccc(-c5occc5S)c4)c4ccc(cc5nc(cc6ccc2[nH]6)C=C5)[nH]4)C=C3)cc1. The molecule has 8 bridgehead atoms. The Hall–Kier alpha value is -5.70. The summed E-state index contributed by atoms with van der Waals surface area (Å²) in [5, 5.41) is 0. The van der Waals surface area contributed by atoms with Gasteiger partial charge in [0.2, 0.25) is 0 Å². The summed E-state index contributed by atoms with van der Waals surface area (Å²) in [5.41, 5.74) is 13.0. The van der Waals surface area contributed by atoms with Crippen LogP contribution in [0.25, 0.3) is 91.3 Å². The quantitative estimate of drug-likeness (QED) is 0.142. The number of aromatic amines is 2. The maximum atomic E-state index is 5.80. The van der Waals surface area contributed by atoms with Crippen molar-refractivity contribution in [3.05, 3.63) is 132 Å². The molecule has 2 aliphatic heterocycles. The molecule has 2 aromatic carbocycles. The molecule has 0 aliphatic carbocycles. The third kappa shape index (κ3) is 5.12. The molecule has 2 aliphatic rings. The standard InChI is InChI=1S/C40H26N4O2S2/c47-35-16-18-45-39(35)24-6-4-23(5-7-24)37-31-12-10-29(42-31)21-27-8-9-28(41-27)22-30-11-13-32(43-30)38(34-15-14-33(37)44-34)25-2-1-3-26(20-25)40-36(48)17-19-46-40/h1-22,42-43,47-48H. The molecule has 6 nitrogen and oxygen atoms in total. The normalized spacial score (nSPS) is 12.2. The van der Waals surface area contributed by atoms with Crippen LogP contribution in [0.1, 0.15) is 22.8 Å². The van der Waals surface area contributed by atoms with Gasteiger partial charge in [-0.05, 0) is 90.0 Å². The van der Waals surface area contributed by atoms with Gasteiger partial charge in [-0.2, -0.15) is 0 Å². The number of fused-ring (bicyclic) bond motifs is 8. The van der Waals surface area contributed by atoms with E-state index in [-0.39, 0.29) is 0 Å². The molecule has 7 heterocycles. The van der Waals surface area contributed by atoms with E-state index in [0.717, 1.165) is 99.5 Å². The summed E-state index contributed by atoms with van der Waals surface area (Å²) >= 11 is 9.17. The molecule has 0 amide bonds. The maximum absolute atomic E-state index is 5.80. The van der Waals surface area contributed by atoms with Crippen molar-refractivity contribution < 1.29 is 8.83 Å². The van der Waals surface area contributed by atoms with Crippen molar-refractivity contribution in [1.82, 2.24) is 19.9 Å². The summed E-state index contributed by atoms with van der Waals surface area (Å²) in [6.07, 6.45) is 11.5. The molecule has 9 rings (SSSR count). The smallest absolute Gasteiger partial charge is 0.147 e. The molecule has 0 atom stereocenters. The molecule has 5 aromatic heterocycles. The highest BCUT2D eigenvalue weighted by Gasteiger charge is 2.17. The molecular formula is C40H26N4O2S2. The average molecular weight is 659 g/mol. The number of nitrogens with zero attached hydrogens (tertiary/aromatic N) is 2. The molecule has 0 fully saturated rings. The summed E-state index contributed by atoms with van der Waals surface area (Å²) in [4.78, 5) is 19.0. The number of H-pyrrole nitrogens is 2. The first-order valence-electron chi connectivity index (χ1n) is 15.4. The first kappa shape index (κ1) is 28.5. The largest absolute Gasteiger partial charge is 0.463 e. The lowest BCUT2D eigenvalue weighted by Gasteiger charge is -2.07. The fourth-order valence-electron chi connectivity index (χ4n) is 6.32. The van der Waals surface area contributed by atoms with Crippen molar-refractivity contribution in [3.8, 4) is 44.9 Å². The van der Waals surface area contributed by atoms with Crippen molar-refractivity contribution in [2.75, 3.05) is 0 Å². The number of thiol groups is 2. The van der Waals surface area contributed by atoms with Crippen molar-refractivity contribution >= 4 is 71.6 Å². The molecule has 0 unspecified atom stereocenters. The van der Waals surface area contributed by atoms with E-state index in [4.69, 9.17) is 18.8 Å². The van der Waals surface area contributed by atoms with Gasteiger partial charge in [0.05, 0.1) is 45.1 Å². The van der Waals surface area contributed by atoms with Crippen molar-refractivity contribution in [1.29, 1.82) is 0 Å². The zero-order valence-corrected chi connectivity index (χ0v) is 27.1. The minimum atomic E-state index is 0.724. The van der Waals surface area contributed by atoms with Crippen LogP contribution < -0.4 is 0 Å². The Morgan fingerprint density at radius 3 is 1.60 bits per heavy atom. The van der Waals surface area contributed by atoms with E-state index in [1.165, 1.54) is 0 Å². The topological polar surface area (TPSA) is 83.6 Å². The molecular weight excluding hydrogens is 633 g/mol. The Morgan fingerprint density at radius 2 is 1.02 bits per heavy atom. The zero-order chi connectivity index (χ0) is 32.2. The second kappa shape index (κ2) is 11.5. The third-order valence-electron chi connectivity index (χ3n) is 8.54. The van der Waals surface area contributed by atoms with E-state index in [9.17, 15) is 0 Å². The Kier molecular flexibility index (Phi) is 6.85. The van der Waals surface area contributed by atoms with Crippen molar-refractivity contribution in [2.24, 2.45) is 0 Å². The molecule has 230 valence electrons. The predicted octanol–water partition coefficient (Wildman–Crippen LogP) is 11.1. The molecule has 0 radical (unpaired) electrons. The Labute approximate surface area is 286 Å². The van der Waals surface area contributed by atoms with Gasteiger partial charge < -0.3 is 18.8 Å². The van der Waals surface area contributed by atoms with Crippen LogP contribution in [0.5, 0.6) is 0 Å². The van der Waals surface area contributed by atoms with Crippen LogP contribution in [0, 0.1) is 0 Å². The number of hydrogen-bond donors (Lipinski definition) is 4. The van der Waals surface area contributed by atoms with Crippen LogP contribution in [0.15, 0.2) is 128 Å². The maximum Gasteiger partial charge on any atom is 0.147 e. The number of rotatable bonds is 4. The highest BCUT2D eigenvalue weighted by atomic mass is 32.1. The fraction of sp³-hybridized carbons (Fsp3) is 0. The van der Waals surface area contributed by atoms with E-state index in [0.29, 0.717) is 0 Å². The highest BCUT2D eigenvalue weighted by molar-refractivity contribution is 7.80. The molecule has 8 heteroatoms. The average Bonchev–Trinajstić information content (AvgIpc) is 3.94. The summed E-state index contributed by atoms with van der Waals surface area (Å²) in [7, 11) is 0. The number of hydrogen-bond acceptors (Lipinski definition) is 6. The lowest BCUT2D eigenvalue weighted by atomic mass is 10.0. The van der Waals surface area contributed by atoms with Crippen molar-refractivity contribution in [3.63, 3.8) is 0 Å². The molecule has 48 heavy (non-hydrogen) atoms. The minimum absolute atomic E-state index is 0.724. The molecule has 0 spiro atoms. The third-order valence-corrected chi connectivity index (χ3v) is 9.24. The molecule has 0 saturated carbocycles. The summed E-state index contributed by atoms with van der Waals surface area (Å²) in [6, 6.07) is 32.7. The van der Waals surface area contributed by atoms with Gasteiger partial charge in [0.15, 0.2) is 0 Å². The second-order valence-corrected chi connectivity index (χ2v) is 12.6. The summed E-state index contributed by atoms with van der Waals surface area (Å²) in [6.45, 7) is 0. The Bertz CT molecular complexity index is 2600. The van der Waals surface area contributed by atoms with E-state index in [1.54, 1.807) is 12.5 Å². The van der Waals surface area contributed by atoms with Crippen molar-refractivity contribution in [2.45, 2.75) is 9.79 Å². The minimum Gasteiger partial charge on any atom is -0.463 e. The Balaban J connectivity index is 1.33. The first-order valence-corrected chi connectivity index (χ1v) is 16.3. The van der Waals surface area contributed by atoms with Crippen LogP contribution >= 0.6 is 25.3 Å². The van der Waals surface area contributed by atoms with E-state index < -0.39 is 0 Å². The van der Waals surface area contributed by atoms with E-state index in [2.05, 4.69) is 120 Å². The van der Waals surface area contributed by atoms with E-state index in [1.807, 2.05) is 36.4 Å². The molecule has 2 N–H and O–H groups in total. The van der Waals surface area contributed by atoms with Crippen LogP contribution in [-0.4, -0.2) is 19.9 Å². The summed E-state index contributed by atoms with van der Waals surface area (Å²) in [5.74, 6) is 1.46. The van der Waals surface area contributed by atoms with Gasteiger partial charge in [-0.3, -0.25) is 0 Å².